The minimum Gasteiger partial charge on any atom is -0.459 e. The van der Waals surface area contributed by atoms with Crippen LogP contribution in [0.1, 0.15) is 17.2 Å². The second-order valence-corrected chi connectivity index (χ2v) is 7.97. The summed E-state index contributed by atoms with van der Waals surface area (Å²) in [5.74, 6) is 2.36. The minimum absolute atomic E-state index is 0.00116. The van der Waals surface area contributed by atoms with Crippen molar-refractivity contribution in [3.8, 4) is 11.3 Å². The molecule has 1 fully saturated rings. The fourth-order valence-corrected chi connectivity index (χ4v) is 3.63. The molecule has 0 unspecified atom stereocenters. The fourth-order valence-electron chi connectivity index (χ4n) is 3.50. The Labute approximate surface area is 180 Å². The molecule has 158 valence electrons. The average Bonchev–Trinajstić information content (AvgIpc) is 3.37. The first-order valence-electron chi connectivity index (χ1n) is 10.0. The van der Waals surface area contributed by atoms with Crippen molar-refractivity contribution in [2.75, 3.05) is 32.7 Å². The molecule has 30 heavy (non-hydrogen) atoms. The number of hydrogen-bond acceptors (Lipinski definition) is 6. The van der Waals surface area contributed by atoms with Crippen molar-refractivity contribution >= 4 is 17.5 Å². The number of nitrogens with one attached hydrogen (secondary N) is 1. The average molecular weight is 429 g/mol. The van der Waals surface area contributed by atoms with Gasteiger partial charge in [-0.3, -0.25) is 14.6 Å². The van der Waals surface area contributed by atoms with Crippen LogP contribution < -0.4 is 5.32 Å². The Hall–Kier alpha value is -2.61. The van der Waals surface area contributed by atoms with Crippen LogP contribution in [0.5, 0.6) is 0 Å². The van der Waals surface area contributed by atoms with Crippen LogP contribution in [0.4, 0.5) is 0 Å². The van der Waals surface area contributed by atoms with Crippen LogP contribution in [-0.4, -0.2) is 53.6 Å². The van der Waals surface area contributed by atoms with E-state index in [2.05, 4.69) is 20.3 Å². The van der Waals surface area contributed by atoms with Crippen molar-refractivity contribution < 1.29 is 13.7 Å². The first kappa shape index (κ1) is 20.7. The summed E-state index contributed by atoms with van der Waals surface area (Å²) in [6.07, 6.45) is 0. The van der Waals surface area contributed by atoms with E-state index in [4.69, 9.17) is 20.5 Å². The monoisotopic (exact) mass is 428 g/mol. The summed E-state index contributed by atoms with van der Waals surface area (Å²) in [6, 6.07) is 13.2. The molecular formula is C22H25ClN4O3. The van der Waals surface area contributed by atoms with E-state index in [1.807, 2.05) is 49.4 Å². The van der Waals surface area contributed by atoms with Gasteiger partial charge in [0, 0.05) is 42.8 Å². The Kier molecular flexibility index (Phi) is 6.52. The molecule has 0 aliphatic carbocycles. The van der Waals surface area contributed by atoms with Crippen LogP contribution in [-0.2, 0) is 17.9 Å². The lowest BCUT2D eigenvalue weighted by Crippen LogP contribution is -2.49. The molecule has 0 spiro atoms. The van der Waals surface area contributed by atoms with Crippen LogP contribution in [0.3, 0.4) is 0 Å². The SMILES string of the molecule is Cc1cc(CN2CCN(CC(=O)NCc3ccc(-c4ccc(Cl)cc4)o3)CC2)on1. The maximum absolute atomic E-state index is 12.3. The Morgan fingerprint density at radius 1 is 1.07 bits per heavy atom. The van der Waals surface area contributed by atoms with E-state index in [0.29, 0.717) is 18.1 Å². The predicted molar refractivity (Wildman–Crippen MR) is 114 cm³/mol. The van der Waals surface area contributed by atoms with Gasteiger partial charge in [-0.15, -0.1) is 0 Å². The normalized spacial score (nSPS) is 15.4. The molecule has 4 rings (SSSR count). The summed E-state index contributed by atoms with van der Waals surface area (Å²) < 4.78 is 11.1. The predicted octanol–water partition coefficient (Wildman–Crippen LogP) is 3.33. The molecule has 1 aliphatic heterocycles. The maximum Gasteiger partial charge on any atom is 0.234 e. The number of hydrogen-bond donors (Lipinski definition) is 1. The van der Waals surface area contributed by atoms with Crippen molar-refractivity contribution in [3.63, 3.8) is 0 Å². The molecule has 1 aliphatic rings. The minimum atomic E-state index is -0.00116. The van der Waals surface area contributed by atoms with Gasteiger partial charge in [-0.2, -0.15) is 0 Å². The second kappa shape index (κ2) is 9.47. The number of amides is 1. The molecule has 7 nitrogen and oxygen atoms in total. The van der Waals surface area contributed by atoms with Gasteiger partial charge in [-0.1, -0.05) is 16.8 Å². The largest absolute Gasteiger partial charge is 0.459 e. The van der Waals surface area contributed by atoms with Gasteiger partial charge >= 0.3 is 0 Å². The molecule has 0 saturated carbocycles. The van der Waals surface area contributed by atoms with E-state index in [1.165, 1.54) is 0 Å². The van der Waals surface area contributed by atoms with E-state index < -0.39 is 0 Å². The van der Waals surface area contributed by atoms with Gasteiger partial charge in [0.05, 0.1) is 25.3 Å². The van der Waals surface area contributed by atoms with Crippen LogP contribution in [0, 0.1) is 6.92 Å². The standard InChI is InChI=1S/C22H25ClN4O3/c1-16-12-20(30-25-16)14-26-8-10-27(11-9-26)15-22(28)24-13-19-6-7-21(29-19)17-2-4-18(23)5-3-17/h2-7,12H,8-11,13-15H2,1H3,(H,24,28). The lowest BCUT2D eigenvalue weighted by Gasteiger charge is -2.33. The van der Waals surface area contributed by atoms with E-state index in [0.717, 1.165) is 61.3 Å². The Balaban J connectivity index is 1.19. The number of rotatable bonds is 7. The lowest BCUT2D eigenvalue weighted by atomic mass is 10.2. The van der Waals surface area contributed by atoms with E-state index in [9.17, 15) is 4.79 Å². The van der Waals surface area contributed by atoms with Gasteiger partial charge in [0.15, 0.2) is 5.76 Å². The first-order valence-corrected chi connectivity index (χ1v) is 10.4. The number of halogens is 1. The molecule has 1 aromatic carbocycles. The van der Waals surface area contributed by atoms with Crippen molar-refractivity contribution in [1.82, 2.24) is 20.3 Å². The molecular weight excluding hydrogens is 404 g/mol. The summed E-state index contributed by atoms with van der Waals surface area (Å²) in [5.41, 5.74) is 1.85. The van der Waals surface area contributed by atoms with Crippen molar-refractivity contribution in [2.24, 2.45) is 0 Å². The third-order valence-electron chi connectivity index (χ3n) is 5.14. The number of nitrogens with zero attached hydrogens (tertiary/aromatic N) is 3. The van der Waals surface area contributed by atoms with E-state index in [1.54, 1.807) is 0 Å². The van der Waals surface area contributed by atoms with Gasteiger partial charge < -0.3 is 14.3 Å². The Morgan fingerprint density at radius 3 is 2.50 bits per heavy atom. The summed E-state index contributed by atoms with van der Waals surface area (Å²) in [4.78, 5) is 16.8. The zero-order valence-corrected chi connectivity index (χ0v) is 17.7. The zero-order chi connectivity index (χ0) is 20.9. The van der Waals surface area contributed by atoms with E-state index >= 15 is 0 Å². The van der Waals surface area contributed by atoms with Crippen LogP contribution >= 0.6 is 11.6 Å². The van der Waals surface area contributed by atoms with Gasteiger partial charge in [-0.25, -0.2) is 0 Å². The molecule has 3 aromatic rings. The molecule has 0 bridgehead atoms. The number of carbonyl (C=O) groups is 1. The van der Waals surface area contributed by atoms with Gasteiger partial charge in [0.2, 0.25) is 5.91 Å². The maximum atomic E-state index is 12.3. The van der Waals surface area contributed by atoms with Crippen LogP contribution in [0.15, 0.2) is 51.4 Å². The third-order valence-corrected chi connectivity index (χ3v) is 5.39. The summed E-state index contributed by atoms with van der Waals surface area (Å²) in [7, 11) is 0. The van der Waals surface area contributed by atoms with E-state index in [-0.39, 0.29) is 5.91 Å². The fraction of sp³-hybridized carbons (Fsp3) is 0.364. The highest BCUT2D eigenvalue weighted by molar-refractivity contribution is 6.30. The highest BCUT2D eigenvalue weighted by Gasteiger charge is 2.20. The van der Waals surface area contributed by atoms with Gasteiger partial charge in [0.1, 0.15) is 11.5 Å². The lowest BCUT2D eigenvalue weighted by molar-refractivity contribution is -0.122. The van der Waals surface area contributed by atoms with Gasteiger partial charge in [-0.05, 0) is 43.3 Å². The number of piperazine rings is 1. The molecule has 2 aromatic heterocycles. The summed E-state index contributed by atoms with van der Waals surface area (Å²) >= 11 is 5.92. The van der Waals surface area contributed by atoms with Gasteiger partial charge in [0.25, 0.3) is 0 Å². The number of aryl methyl sites for hydroxylation is 1. The second-order valence-electron chi connectivity index (χ2n) is 7.54. The quantitative estimate of drug-likeness (QED) is 0.622. The molecule has 1 saturated heterocycles. The molecule has 0 atom stereocenters. The number of aromatic nitrogens is 1. The molecule has 0 radical (unpaired) electrons. The summed E-state index contributed by atoms with van der Waals surface area (Å²) in [6.45, 7) is 6.94. The number of carbonyl (C=O) groups excluding carboxylic acids is 1. The zero-order valence-electron chi connectivity index (χ0n) is 16.9. The first-order chi connectivity index (χ1) is 14.5. The highest BCUT2D eigenvalue weighted by Crippen LogP contribution is 2.23. The molecule has 1 amide bonds. The Morgan fingerprint density at radius 2 is 1.80 bits per heavy atom. The molecule has 1 N–H and O–H groups in total. The highest BCUT2D eigenvalue weighted by atomic mass is 35.5. The van der Waals surface area contributed by atoms with Crippen molar-refractivity contribution in [1.29, 1.82) is 0 Å². The van der Waals surface area contributed by atoms with Crippen molar-refractivity contribution in [2.45, 2.75) is 20.0 Å². The smallest absolute Gasteiger partial charge is 0.234 e. The van der Waals surface area contributed by atoms with Crippen LogP contribution in [0.25, 0.3) is 11.3 Å². The molecule has 3 heterocycles. The van der Waals surface area contributed by atoms with Crippen LogP contribution in [0.2, 0.25) is 5.02 Å². The molecule has 8 heteroatoms. The Bertz CT molecular complexity index is 974. The summed E-state index contributed by atoms with van der Waals surface area (Å²) in [5, 5.41) is 7.55. The van der Waals surface area contributed by atoms with Crippen molar-refractivity contribution in [3.05, 3.63) is 64.7 Å². The number of benzene rings is 1. The third kappa shape index (κ3) is 5.50. The topological polar surface area (TPSA) is 74.8 Å². The number of furan rings is 1.